The van der Waals surface area contributed by atoms with Crippen molar-refractivity contribution < 1.29 is 24.5 Å². The summed E-state index contributed by atoms with van der Waals surface area (Å²) in [6, 6.07) is 0. The zero-order valence-corrected chi connectivity index (χ0v) is 10.4. The van der Waals surface area contributed by atoms with Gasteiger partial charge in [0.05, 0.1) is 31.3 Å². The van der Waals surface area contributed by atoms with Crippen molar-refractivity contribution >= 4 is 5.97 Å². The number of aliphatic carboxylic acids is 1. The van der Waals surface area contributed by atoms with Gasteiger partial charge in [-0.1, -0.05) is 0 Å². The molecule has 0 radical (unpaired) electrons. The minimum atomic E-state index is -0.849. The average molecular weight is 246 g/mol. The molecule has 0 aromatic rings. The molecule has 1 rings (SSSR count). The van der Waals surface area contributed by atoms with Gasteiger partial charge in [0, 0.05) is 6.61 Å². The van der Waals surface area contributed by atoms with Crippen molar-refractivity contribution in [3.63, 3.8) is 0 Å². The number of aliphatic hydroxyl groups is 1. The lowest BCUT2D eigenvalue weighted by Crippen LogP contribution is -2.40. The lowest BCUT2D eigenvalue weighted by molar-refractivity contribution is -0.146. The number of hydrogen-bond donors (Lipinski definition) is 2. The molecule has 2 N–H and O–H groups in total. The van der Waals surface area contributed by atoms with Gasteiger partial charge in [-0.05, 0) is 32.6 Å². The highest BCUT2D eigenvalue weighted by molar-refractivity contribution is 5.70. The Hall–Kier alpha value is -0.650. The van der Waals surface area contributed by atoms with Gasteiger partial charge < -0.3 is 19.7 Å². The molecule has 0 atom stereocenters. The highest BCUT2D eigenvalue weighted by Gasteiger charge is 2.35. The second-order valence-electron chi connectivity index (χ2n) is 4.59. The van der Waals surface area contributed by atoms with Crippen LogP contribution >= 0.6 is 0 Å². The van der Waals surface area contributed by atoms with E-state index in [4.69, 9.17) is 14.6 Å². The van der Waals surface area contributed by atoms with E-state index in [2.05, 4.69) is 0 Å². The molecule has 5 heteroatoms. The molecule has 0 aromatic heterocycles. The Balaban J connectivity index is 2.18. The summed E-state index contributed by atoms with van der Waals surface area (Å²) in [6.07, 6.45) is 2.05. The topological polar surface area (TPSA) is 76.0 Å². The van der Waals surface area contributed by atoms with Crippen LogP contribution < -0.4 is 0 Å². The highest BCUT2D eigenvalue weighted by atomic mass is 16.5. The fourth-order valence-corrected chi connectivity index (χ4v) is 2.07. The molecular weight excluding hydrogens is 224 g/mol. The monoisotopic (exact) mass is 246 g/mol. The van der Waals surface area contributed by atoms with Gasteiger partial charge in [-0.25, -0.2) is 0 Å². The van der Waals surface area contributed by atoms with Crippen molar-refractivity contribution in [2.24, 2.45) is 5.92 Å². The second kappa shape index (κ2) is 6.93. The predicted octanol–water partition coefficient (Wildman–Crippen LogP) is 1.05. The number of carbonyl (C=O) groups is 1. The Morgan fingerprint density at radius 1 is 1.29 bits per heavy atom. The van der Waals surface area contributed by atoms with Crippen LogP contribution in [0.1, 0.15) is 32.6 Å². The maximum absolute atomic E-state index is 10.8. The molecule has 1 aliphatic rings. The van der Waals surface area contributed by atoms with Gasteiger partial charge in [-0.3, -0.25) is 4.79 Å². The molecular formula is C12H22O5. The Labute approximate surface area is 102 Å². The van der Waals surface area contributed by atoms with Crippen molar-refractivity contribution in [3.8, 4) is 0 Å². The molecule has 0 amide bonds. The number of carboxylic acids is 1. The van der Waals surface area contributed by atoms with Gasteiger partial charge in [0.1, 0.15) is 0 Å². The second-order valence-corrected chi connectivity index (χ2v) is 4.59. The van der Waals surface area contributed by atoms with E-state index in [0.29, 0.717) is 45.5 Å². The third kappa shape index (κ3) is 5.02. The number of hydrogen-bond acceptors (Lipinski definition) is 4. The maximum atomic E-state index is 10.8. The summed E-state index contributed by atoms with van der Waals surface area (Å²) in [5.41, 5.74) is -0.849. The molecule has 1 saturated carbocycles. The quantitative estimate of drug-likeness (QED) is 0.656. The minimum Gasteiger partial charge on any atom is -0.481 e. The van der Waals surface area contributed by atoms with Gasteiger partial charge in [0.25, 0.3) is 0 Å². The fraction of sp³-hybridized carbons (Fsp3) is 0.917. The highest BCUT2D eigenvalue weighted by Crippen LogP contribution is 2.32. The summed E-state index contributed by atoms with van der Waals surface area (Å²) >= 11 is 0. The van der Waals surface area contributed by atoms with Crippen molar-refractivity contribution in [1.82, 2.24) is 0 Å². The van der Waals surface area contributed by atoms with Crippen molar-refractivity contribution in [1.29, 1.82) is 0 Å². The first kappa shape index (κ1) is 14.4. The van der Waals surface area contributed by atoms with Gasteiger partial charge in [0.2, 0.25) is 0 Å². The standard InChI is InChI=1S/C12H22O5/c1-2-16-7-8-17-9-12(15)5-3-10(4-6-12)11(13)14/h10,15H,2-9H2,1H3,(H,13,14). The molecule has 5 nitrogen and oxygen atoms in total. The lowest BCUT2D eigenvalue weighted by atomic mass is 9.79. The first-order chi connectivity index (χ1) is 8.07. The van der Waals surface area contributed by atoms with Crippen molar-refractivity contribution in [2.75, 3.05) is 26.4 Å². The Morgan fingerprint density at radius 3 is 2.41 bits per heavy atom. The van der Waals surface area contributed by atoms with Crippen LogP contribution in [0.2, 0.25) is 0 Å². The summed E-state index contributed by atoms with van der Waals surface area (Å²) < 4.78 is 10.5. The van der Waals surface area contributed by atoms with E-state index >= 15 is 0 Å². The molecule has 0 aliphatic heterocycles. The van der Waals surface area contributed by atoms with Crippen LogP contribution in [0.3, 0.4) is 0 Å². The smallest absolute Gasteiger partial charge is 0.306 e. The van der Waals surface area contributed by atoms with Crippen LogP contribution in [0.4, 0.5) is 0 Å². The summed E-state index contributed by atoms with van der Waals surface area (Å²) in [5.74, 6) is -1.07. The largest absolute Gasteiger partial charge is 0.481 e. The molecule has 17 heavy (non-hydrogen) atoms. The van der Waals surface area contributed by atoms with Crippen LogP contribution in [0, 0.1) is 5.92 Å². The van der Waals surface area contributed by atoms with Crippen LogP contribution in [0.5, 0.6) is 0 Å². The summed E-state index contributed by atoms with van der Waals surface area (Å²) in [7, 11) is 0. The molecule has 100 valence electrons. The maximum Gasteiger partial charge on any atom is 0.306 e. The fourth-order valence-electron chi connectivity index (χ4n) is 2.07. The van der Waals surface area contributed by atoms with E-state index < -0.39 is 11.6 Å². The molecule has 1 aliphatic carbocycles. The first-order valence-electron chi connectivity index (χ1n) is 6.18. The number of ether oxygens (including phenoxy) is 2. The minimum absolute atomic E-state index is 0.270. The van der Waals surface area contributed by atoms with Crippen LogP contribution in [0.15, 0.2) is 0 Å². The first-order valence-corrected chi connectivity index (χ1v) is 6.18. The summed E-state index contributed by atoms with van der Waals surface area (Å²) in [6.45, 7) is 3.85. The van der Waals surface area contributed by atoms with E-state index in [-0.39, 0.29) is 12.5 Å². The number of carboxylic acid groups (broad SMARTS) is 1. The van der Waals surface area contributed by atoms with E-state index in [1.54, 1.807) is 0 Å². The zero-order chi connectivity index (χ0) is 12.7. The van der Waals surface area contributed by atoms with Crippen LogP contribution in [0.25, 0.3) is 0 Å². The molecule has 0 aromatic carbocycles. The van der Waals surface area contributed by atoms with E-state index in [1.807, 2.05) is 6.92 Å². The Bertz CT molecular complexity index is 233. The summed E-state index contributed by atoms with van der Waals surface area (Å²) in [5, 5.41) is 19.0. The number of rotatable bonds is 7. The predicted molar refractivity (Wildman–Crippen MR) is 61.9 cm³/mol. The molecule has 1 fully saturated rings. The van der Waals surface area contributed by atoms with Crippen LogP contribution in [-0.2, 0) is 14.3 Å². The zero-order valence-electron chi connectivity index (χ0n) is 10.4. The van der Waals surface area contributed by atoms with Gasteiger partial charge in [0.15, 0.2) is 0 Å². The van der Waals surface area contributed by atoms with Gasteiger partial charge >= 0.3 is 5.97 Å². The molecule has 0 saturated heterocycles. The average Bonchev–Trinajstić information content (AvgIpc) is 2.29. The lowest BCUT2D eigenvalue weighted by Gasteiger charge is -2.34. The van der Waals surface area contributed by atoms with Gasteiger partial charge in [-0.15, -0.1) is 0 Å². The summed E-state index contributed by atoms with van der Waals surface area (Å²) in [4.78, 5) is 10.8. The normalized spacial score (nSPS) is 29.2. The SMILES string of the molecule is CCOCCOCC1(O)CCC(C(=O)O)CC1. The molecule has 0 unspecified atom stereocenters. The van der Waals surface area contributed by atoms with Crippen molar-refractivity contribution in [3.05, 3.63) is 0 Å². The molecule has 0 bridgehead atoms. The van der Waals surface area contributed by atoms with E-state index in [0.717, 1.165) is 0 Å². The van der Waals surface area contributed by atoms with Crippen molar-refractivity contribution in [2.45, 2.75) is 38.2 Å². The van der Waals surface area contributed by atoms with E-state index in [9.17, 15) is 9.90 Å². The third-order valence-electron chi connectivity index (χ3n) is 3.21. The molecule has 0 spiro atoms. The van der Waals surface area contributed by atoms with Gasteiger partial charge in [-0.2, -0.15) is 0 Å². The molecule has 0 heterocycles. The van der Waals surface area contributed by atoms with E-state index in [1.165, 1.54) is 0 Å². The third-order valence-corrected chi connectivity index (χ3v) is 3.21. The Kier molecular flexibility index (Phi) is 5.88. The van der Waals surface area contributed by atoms with Crippen LogP contribution in [-0.4, -0.2) is 48.2 Å². The Morgan fingerprint density at radius 2 is 1.88 bits per heavy atom.